The van der Waals surface area contributed by atoms with Gasteiger partial charge in [-0.1, -0.05) is 6.07 Å². The number of methoxy groups -OCH3 is 1. The van der Waals surface area contributed by atoms with Gasteiger partial charge in [0.15, 0.2) is 0 Å². The van der Waals surface area contributed by atoms with Crippen molar-refractivity contribution in [3.05, 3.63) is 34.4 Å². The fourth-order valence-corrected chi connectivity index (χ4v) is 2.07. The van der Waals surface area contributed by atoms with Gasteiger partial charge in [0.2, 0.25) is 0 Å². The van der Waals surface area contributed by atoms with Gasteiger partial charge < -0.3 is 10.5 Å². The third-order valence-electron chi connectivity index (χ3n) is 2.30. The van der Waals surface area contributed by atoms with Crippen molar-refractivity contribution in [3.8, 4) is 17.0 Å². The lowest BCUT2D eigenvalue weighted by Crippen LogP contribution is -1.95. The van der Waals surface area contributed by atoms with Crippen LogP contribution in [0.4, 0.5) is 0 Å². The largest absolute Gasteiger partial charge is 0.496 e. The first-order valence-corrected chi connectivity index (χ1v) is 5.62. The maximum Gasteiger partial charge on any atom is 0.129 e. The molecule has 3 N–H and O–H groups in total. The van der Waals surface area contributed by atoms with Crippen molar-refractivity contribution in [2.75, 3.05) is 7.11 Å². The van der Waals surface area contributed by atoms with Crippen LogP contribution in [0.15, 0.2) is 28.7 Å². The Balaban J connectivity index is 2.53. The van der Waals surface area contributed by atoms with Gasteiger partial charge in [-0.2, -0.15) is 5.10 Å². The highest BCUT2D eigenvalue weighted by atomic mass is 79.9. The number of hydrogen-bond donors (Lipinski definition) is 2. The molecule has 0 radical (unpaired) electrons. The first-order valence-electron chi connectivity index (χ1n) is 4.83. The third kappa shape index (κ3) is 1.96. The average Bonchev–Trinajstić information content (AvgIpc) is 2.76. The molecule has 0 fully saturated rings. The van der Waals surface area contributed by atoms with Crippen LogP contribution in [-0.4, -0.2) is 17.3 Å². The zero-order chi connectivity index (χ0) is 11.5. The molecule has 2 rings (SSSR count). The van der Waals surface area contributed by atoms with E-state index in [0.29, 0.717) is 6.54 Å². The molecule has 0 aliphatic rings. The molecule has 0 amide bonds. The number of nitrogens with two attached hydrogens (primary N) is 1. The van der Waals surface area contributed by atoms with Crippen molar-refractivity contribution in [2.24, 2.45) is 5.73 Å². The lowest BCUT2D eigenvalue weighted by molar-refractivity contribution is 0.416. The molecule has 2 aromatic rings. The number of hydrogen-bond acceptors (Lipinski definition) is 3. The molecule has 5 heteroatoms. The summed E-state index contributed by atoms with van der Waals surface area (Å²) in [6.07, 6.45) is 0. The van der Waals surface area contributed by atoms with Gasteiger partial charge in [0.25, 0.3) is 0 Å². The summed E-state index contributed by atoms with van der Waals surface area (Å²) in [6.45, 7) is 0.444. The quantitative estimate of drug-likeness (QED) is 0.908. The predicted octanol–water partition coefficient (Wildman–Crippen LogP) is 2.31. The standard InChI is InChI=1S/C11H12BrN3O/c1-16-10-4-2-3-8(12)11(10)9-5-7(6-13)14-15-9/h2-5H,6,13H2,1H3,(H,14,15). The summed E-state index contributed by atoms with van der Waals surface area (Å²) >= 11 is 3.49. The Labute approximate surface area is 102 Å². The number of aromatic amines is 1. The molecule has 1 heterocycles. The molecule has 0 atom stereocenters. The highest BCUT2D eigenvalue weighted by Gasteiger charge is 2.12. The van der Waals surface area contributed by atoms with Crippen molar-refractivity contribution in [1.82, 2.24) is 10.2 Å². The molecule has 0 aliphatic heterocycles. The van der Waals surface area contributed by atoms with Crippen LogP contribution in [-0.2, 0) is 6.54 Å². The van der Waals surface area contributed by atoms with E-state index in [1.54, 1.807) is 7.11 Å². The van der Waals surface area contributed by atoms with Crippen molar-refractivity contribution in [1.29, 1.82) is 0 Å². The molecule has 4 nitrogen and oxygen atoms in total. The van der Waals surface area contributed by atoms with E-state index < -0.39 is 0 Å². The number of halogens is 1. The third-order valence-corrected chi connectivity index (χ3v) is 2.96. The van der Waals surface area contributed by atoms with Gasteiger partial charge in [0.1, 0.15) is 5.75 Å². The summed E-state index contributed by atoms with van der Waals surface area (Å²) in [5.41, 5.74) is 8.19. The second-order valence-corrected chi connectivity index (χ2v) is 4.15. The summed E-state index contributed by atoms with van der Waals surface area (Å²) in [7, 11) is 1.64. The lowest BCUT2D eigenvalue weighted by Gasteiger charge is -2.07. The van der Waals surface area contributed by atoms with Gasteiger partial charge in [-0.15, -0.1) is 0 Å². The molecular formula is C11H12BrN3O. The van der Waals surface area contributed by atoms with Gasteiger partial charge in [-0.05, 0) is 34.1 Å². The average molecular weight is 282 g/mol. The Hall–Kier alpha value is -1.33. The maximum absolute atomic E-state index is 5.54. The molecule has 0 saturated heterocycles. The van der Waals surface area contributed by atoms with Gasteiger partial charge in [0, 0.05) is 16.7 Å². The van der Waals surface area contributed by atoms with Crippen LogP contribution in [0.25, 0.3) is 11.3 Å². The van der Waals surface area contributed by atoms with Gasteiger partial charge in [-0.25, -0.2) is 0 Å². The molecule has 0 bridgehead atoms. The van der Waals surface area contributed by atoms with Gasteiger partial charge in [0.05, 0.1) is 18.4 Å². The zero-order valence-corrected chi connectivity index (χ0v) is 10.4. The van der Waals surface area contributed by atoms with Crippen molar-refractivity contribution >= 4 is 15.9 Å². The second kappa shape index (κ2) is 4.67. The minimum atomic E-state index is 0.444. The Kier molecular flexibility index (Phi) is 3.26. The Morgan fingerprint density at radius 2 is 2.31 bits per heavy atom. The van der Waals surface area contributed by atoms with Crippen LogP contribution >= 0.6 is 15.9 Å². The smallest absolute Gasteiger partial charge is 0.129 e. The molecule has 84 valence electrons. The molecule has 0 saturated carbocycles. The van der Waals surface area contributed by atoms with Crippen molar-refractivity contribution < 1.29 is 4.74 Å². The topological polar surface area (TPSA) is 63.9 Å². The predicted molar refractivity (Wildman–Crippen MR) is 66.2 cm³/mol. The van der Waals surface area contributed by atoms with E-state index in [1.165, 1.54) is 0 Å². The fourth-order valence-electron chi connectivity index (χ4n) is 1.52. The summed E-state index contributed by atoms with van der Waals surface area (Å²) in [5, 5.41) is 7.09. The van der Waals surface area contributed by atoms with Crippen LogP contribution < -0.4 is 10.5 Å². The maximum atomic E-state index is 5.54. The lowest BCUT2D eigenvalue weighted by atomic mass is 10.1. The number of nitrogens with zero attached hydrogens (tertiary/aromatic N) is 1. The highest BCUT2D eigenvalue weighted by molar-refractivity contribution is 9.10. The highest BCUT2D eigenvalue weighted by Crippen LogP contribution is 2.35. The Morgan fingerprint density at radius 3 is 2.94 bits per heavy atom. The molecule has 1 aromatic heterocycles. The number of aromatic nitrogens is 2. The molecule has 0 aliphatic carbocycles. The summed E-state index contributed by atoms with van der Waals surface area (Å²) in [6, 6.07) is 7.69. The first kappa shape index (κ1) is 11.2. The van der Waals surface area contributed by atoms with E-state index in [0.717, 1.165) is 27.2 Å². The summed E-state index contributed by atoms with van der Waals surface area (Å²) < 4.78 is 6.25. The molecule has 16 heavy (non-hydrogen) atoms. The SMILES string of the molecule is COc1cccc(Br)c1-c1cc(CN)[nH]n1. The number of H-pyrrole nitrogens is 1. The molecule has 0 unspecified atom stereocenters. The van der Waals surface area contributed by atoms with E-state index in [9.17, 15) is 0 Å². The van der Waals surface area contributed by atoms with E-state index in [2.05, 4.69) is 26.1 Å². The minimum Gasteiger partial charge on any atom is -0.496 e. The zero-order valence-electron chi connectivity index (χ0n) is 8.83. The van der Waals surface area contributed by atoms with Crippen molar-refractivity contribution in [2.45, 2.75) is 6.54 Å². The summed E-state index contributed by atoms with van der Waals surface area (Å²) in [5.74, 6) is 0.782. The minimum absolute atomic E-state index is 0.444. The van der Waals surface area contributed by atoms with Crippen LogP contribution in [0.5, 0.6) is 5.75 Å². The van der Waals surface area contributed by atoms with Crippen LogP contribution in [0.1, 0.15) is 5.69 Å². The molecule has 0 spiro atoms. The second-order valence-electron chi connectivity index (χ2n) is 3.30. The van der Waals surface area contributed by atoms with Gasteiger partial charge in [-0.3, -0.25) is 5.10 Å². The number of benzene rings is 1. The van der Waals surface area contributed by atoms with E-state index in [4.69, 9.17) is 10.5 Å². The van der Waals surface area contributed by atoms with Crippen LogP contribution in [0.2, 0.25) is 0 Å². The number of ether oxygens (including phenoxy) is 1. The van der Waals surface area contributed by atoms with E-state index >= 15 is 0 Å². The number of nitrogens with one attached hydrogen (secondary N) is 1. The monoisotopic (exact) mass is 281 g/mol. The van der Waals surface area contributed by atoms with Crippen LogP contribution in [0.3, 0.4) is 0 Å². The van der Waals surface area contributed by atoms with Gasteiger partial charge >= 0.3 is 0 Å². The normalized spacial score (nSPS) is 10.4. The molecule has 1 aromatic carbocycles. The van der Waals surface area contributed by atoms with Crippen LogP contribution in [0, 0.1) is 0 Å². The first-order chi connectivity index (χ1) is 7.76. The Morgan fingerprint density at radius 1 is 1.50 bits per heavy atom. The molecular weight excluding hydrogens is 270 g/mol. The number of rotatable bonds is 3. The fraction of sp³-hybridized carbons (Fsp3) is 0.182. The van der Waals surface area contributed by atoms with Crippen molar-refractivity contribution in [3.63, 3.8) is 0 Å². The Bertz CT molecular complexity index is 496. The summed E-state index contributed by atoms with van der Waals surface area (Å²) in [4.78, 5) is 0. The van der Waals surface area contributed by atoms with E-state index in [-0.39, 0.29) is 0 Å². The van der Waals surface area contributed by atoms with E-state index in [1.807, 2.05) is 24.3 Å².